The van der Waals surface area contributed by atoms with E-state index in [1.165, 1.54) is 20.5 Å². The van der Waals surface area contributed by atoms with Gasteiger partial charge >= 0.3 is 5.69 Å². The summed E-state index contributed by atoms with van der Waals surface area (Å²) in [5, 5.41) is 0.701. The lowest BCUT2D eigenvalue weighted by Gasteiger charge is -2.23. The highest BCUT2D eigenvalue weighted by molar-refractivity contribution is 7.25. The highest BCUT2D eigenvalue weighted by Gasteiger charge is 2.25. The molecule has 0 aliphatic carbocycles. The molecule has 0 saturated carbocycles. The van der Waals surface area contributed by atoms with Gasteiger partial charge in [0.25, 0.3) is 5.56 Å². The van der Waals surface area contributed by atoms with E-state index in [2.05, 4.69) is 4.98 Å². The van der Waals surface area contributed by atoms with Crippen LogP contribution in [0.4, 0.5) is 5.69 Å². The summed E-state index contributed by atoms with van der Waals surface area (Å²) in [6, 6.07) is 11.3. The molecule has 8 nitrogen and oxygen atoms in total. The lowest BCUT2D eigenvalue weighted by molar-refractivity contribution is -0.119. The number of carbonyl (C=O) groups excluding carboxylic acids is 1. The number of nitrogens with zero attached hydrogens (tertiary/aromatic N) is 4. The Hall–Kier alpha value is -3.30. The number of hydrogen-bond donors (Lipinski definition) is 0. The Morgan fingerprint density at radius 1 is 1.24 bits per heavy atom. The van der Waals surface area contributed by atoms with Crippen molar-refractivity contribution in [3.63, 3.8) is 0 Å². The zero-order chi connectivity index (χ0) is 23.8. The molecule has 0 radical (unpaired) electrons. The summed E-state index contributed by atoms with van der Waals surface area (Å²) in [4.78, 5) is 47.2. The van der Waals surface area contributed by atoms with Crippen LogP contribution in [-0.4, -0.2) is 39.3 Å². The topological polar surface area (TPSA) is 86.4 Å². The van der Waals surface area contributed by atoms with Gasteiger partial charge in [0.1, 0.15) is 16.1 Å². The summed E-state index contributed by atoms with van der Waals surface area (Å²) in [6.07, 6.45) is 3.18. The molecule has 3 aromatic heterocycles. The Morgan fingerprint density at radius 3 is 2.82 bits per heavy atom. The Bertz CT molecular complexity index is 1500. The van der Waals surface area contributed by atoms with Crippen molar-refractivity contribution in [3.05, 3.63) is 69.0 Å². The van der Waals surface area contributed by atoms with E-state index in [-0.39, 0.29) is 30.7 Å². The van der Waals surface area contributed by atoms with E-state index >= 15 is 0 Å². The van der Waals surface area contributed by atoms with Crippen LogP contribution in [0.5, 0.6) is 0 Å². The minimum atomic E-state index is -0.495. The molecule has 1 amide bonds. The number of benzene rings is 1. The lowest BCUT2D eigenvalue weighted by Crippen LogP contribution is -2.44. The van der Waals surface area contributed by atoms with Crippen molar-refractivity contribution in [1.29, 1.82) is 0 Å². The smallest absolute Gasteiger partial charge is 0.332 e. The van der Waals surface area contributed by atoms with Gasteiger partial charge in [0.05, 0.1) is 18.2 Å². The summed E-state index contributed by atoms with van der Waals surface area (Å²) in [5.74, 6) is -0.220. The Morgan fingerprint density at radius 2 is 2.09 bits per heavy atom. The van der Waals surface area contributed by atoms with Crippen LogP contribution < -0.4 is 16.1 Å². The standard InChI is InChI=1S/C25H26N4O4S/c1-3-27(17-8-4-7-16(2)13-17)20(30)15-28-21-19-10-5-11-26-23(19)34-22(21)24(31)29(25(28)32)14-18-9-6-12-33-18/h4-5,7-8,10-11,13,18H,3,6,9,12,14-15H2,1-2H3. The van der Waals surface area contributed by atoms with Crippen LogP contribution >= 0.6 is 11.3 Å². The number of aryl methyl sites for hydroxylation is 1. The minimum absolute atomic E-state index is 0.177. The average molecular weight is 479 g/mol. The van der Waals surface area contributed by atoms with Crippen molar-refractivity contribution in [2.24, 2.45) is 0 Å². The molecule has 1 fully saturated rings. The minimum Gasteiger partial charge on any atom is -0.376 e. The summed E-state index contributed by atoms with van der Waals surface area (Å²) in [7, 11) is 0. The third-order valence-electron chi connectivity index (χ3n) is 6.25. The zero-order valence-corrected chi connectivity index (χ0v) is 20.0. The van der Waals surface area contributed by atoms with Gasteiger partial charge in [-0.25, -0.2) is 9.78 Å². The SMILES string of the molecule is CCN(C(=O)Cn1c(=O)n(CC2CCCO2)c(=O)c2sc3ncccc3c21)c1cccc(C)c1. The summed E-state index contributed by atoms with van der Waals surface area (Å²) >= 11 is 1.25. The van der Waals surface area contributed by atoms with E-state index < -0.39 is 5.69 Å². The fourth-order valence-corrected chi connectivity index (χ4v) is 5.70. The van der Waals surface area contributed by atoms with E-state index in [9.17, 15) is 14.4 Å². The summed E-state index contributed by atoms with van der Waals surface area (Å²) < 4.78 is 8.78. The Kier molecular flexibility index (Phi) is 6.05. The Labute approximate surface area is 200 Å². The van der Waals surface area contributed by atoms with Crippen molar-refractivity contribution in [2.45, 2.75) is 45.9 Å². The van der Waals surface area contributed by atoms with Gasteiger partial charge in [-0.1, -0.05) is 12.1 Å². The van der Waals surface area contributed by atoms with Crippen molar-refractivity contribution in [1.82, 2.24) is 14.1 Å². The fraction of sp³-hybridized carbons (Fsp3) is 0.360. The molecule has 1 atom stereocenters. The maximum Gasteiger partial charge on any atom is 0.332 e. The highest BCUT2D eigenvalue weighted by Crippen LogP contribution is 2.29. The molecule has 0 bridgehead atoms. The quantitative estimate of drug-likeness (QED) is 0.424. The molecule has 0 spiro atoms. The molecule has 4 heterocycles. The molecule has 1 saturated heterocycles. The number of pyridine rings is 1. The average Bonchev–Trinajstić information content (AvgIpc) is 3.48. The van der Waals surface area contributed by atoms with Gasteiger partial charge in [-0.05, 0) is 56.5 Å². The predicted molar refractivity (Wildman–Crippen MR) is 134 cm³/mol. The maximum atomic E-state index is 13.7. The number of rotatable bonds is 6. The monoisotopic (exact) mass is 478 g/mol. The van der Waals surface area contributed by atoms with Gasteiger partial charge in [-0.15, -0.1) is 11.3 Å². The molecule has 1 aromatic carbocycles. The van der Waals surface area contributed by atoms with Crippen LogP contribution in [-0.2, 0) is 22.6 Å². The molecular weight excluding hydrogens is 452 g/mol. The number of likely N-dealkylation sites (N-methyl/N-ethyl adjacent to an activating group) is 1. The van der Waals surface area contributed by atoms with Gasteiger partial charge in [-0.3, -0.25) is 18.7 Å². The third-order valence-corrected chi connectivity index (χ3v) is 7.34. The fourth-order valence-electron chi connectivity index (χ4n) is 4.60. The lowest BCUT2D eigenvalue weighted by atomic mass is 10.2. The van der Waals surface area contributed by atoms with Crippen LogP contribution in [0, 0.1) is 6.92 Å². The van der Waals surface area contributed by atoms with Crippen LogP contribution in [0.1, 0.15) is 25.3 Å². The first-order valence-corrected chi connectivity index (χ1v) is 12.3. The Balaban J connectivity index is 1.66. The van der Waals surface area contributed by atoms with E-state index in [1.54, 1.807) is 17.2 Å². The number of hydrogen-bond acceptors (Lipinski definition) is 6. The van der Waals surface area contributed by atoms with Gasteiger partial charge in [0, 0.05) is 30.4 Å². The molecule has 34 heavy (non-hydrogen) atoms. The highest BCUT2D eigenvalue weighted by atomic mass is 32.1. The van der Waals surface area contributed by atoms with Crippen LogP contribution in [0.25, 0.3) is 20.4 Å². The van der Waals surface area contributed by atoms with Gasteiger partial charge in [0.2, 0.25) is 5.91 Å². The normalized spacial score (nSPS) is 15.9. The second-order valence-electron chi connectivity index (χ2n) is 8.53. The number of aromatic nitrogens is 3. The largest absolute Gasteiger partial charge is 0.376 e. The first-order valence-electron chi connectivity index (χ1n) is 11.5. The van der Waals surface area contributed by atoms with Gasteiger partial charge in [0.15, 0.2) is 0 Å². The van der Waals surface area contributed by atoms with E-state index in [0.29, 0.717) is 33.6 Å². The molecule has 1 aliphatic rings. The summed E-state index contributed by atoms with van der Waals surface area (Å²) in [5.41, 5.74) is 1.45. The number of thiophene rings is 1. The first-order chi connectivity index (χ1) is 16.5. The number of fused-ring (bicyclic) bond motifs is 3. The molecule has 1 aliphatic heterocycles. The summed E-state index contributed by atoms with van der Waals surface area (Å²) in [6.45, 7) is 4.97. The third kappa shape index (κ3) is 3.95. The molecule has 1 unspecified atom stereocenters. The van der Waals surface area contributed by atoms with Crippen molar-refractivity contribution in [2.75, 3.05) is 18.1 Å². The molecule has 176 valence electrons. The second-order valence-corrected chi connectivity index (χ2v) is 9.53. The zero-order valence-electron chi connectivity index (χ0n) is 19.2. The van der Waals surface area contributed by atoms with E-state index in [1.807, 2.05) is 44.2 Å². The molecule has 0 N–H and O–H groups in total. The first kappa shape index (κ1) is 22.5. The number of ether oxygens (including phenoxy) is 1. The van der Waals surface area contributed by atoms with Gasteiger partial charge < -0.3 is 9.64 Å². The van der Waals surface area contributed by atoms with Crippen LogP contribution in [0.3, 0.4) is 0 Å². The molecule has 5 rings (SSSR count). The number of amides is 1. The van der Waals surface area contributed by atoms with Crippen molar-refractivity contribution >= 4 is 43.4 Å². The second kappa shape index (κ2) is 9.15. The van der Waals surface area contributed by atoms with Crippen LogP contribution in [0.15, 0.2) is 52.2 Å². The van der Waals surface area contributed by atoms with Gasteiger partial charge in [-0.2, -0.15) is 0 Å². The predicted octanol–water partition coefficient (Wildman–Crippen LogP) is 3.31. The molecule has 4 aromatic rings. The van der Waals surface area contributed by atoms with Crippen molar-refractivity contribution in [3.8, 4) is 0 Å². The maximum absolute atomic E-state index is 13.7. The van der Waals surface area contributed by atoms with E-state index in [0.717, 1.165) is 24.1 Å². The number of anilines is 1. The number of carbonyl (C=O) groups is 1. The molecule has 9 heteroatoms. The van der Waals surface area contributed by atoms with Crippen molar-refractivity contribution < 1.29 is 9.53 Å². The van der Waals surface area contributed by atoms with E-state index in [4.69, 9.17) is 4.74 Å². The van der Waals surface area contributed by atoms with Crippen LogP contribution in [0.2, 0.25) is 0 Å². The molecular formula is C25H26N4O4S.